The van der Waals surface area contributed by atoms with Gasteiger partial charge in [-0.25, -0.2) is 4.98 Å². The van der Waals surface area contributed by atoms with E-state index in [1.165, 1.54) is 21.8 Å². The lowest BCUT2D eigenvalue weighted by molar-refractivity contribution is 0.0169. The Balaban J connectivity index is 1.55. The number of pyridine rings is 1. The molecule has 0 aliphatic carbocycles. The van der Waals surface area contributed by atoms with Crippen molar-refractivity contribution in [1.82, 2.24) is 15.2 Å². The van der Waals surface area contributed by atoms with Crippen LogP contribution in [0.15, 0.2) is 23.6 Å². The van der Waals surface area contributed by atoms with E-state index >= 15 is 0 Å². The fraction of sp³-hybridized carbons (Fsp3) is 0.429. The third-order valence-electron chi connectivity index (χ3n) is 5.25. The van der Waals surface area contributed by atoms with Gasteiger partial charge in [0, 0.05) is 35.6 Å². The molecule has 4 heterocycles. The highest BCUT2D eigenvalue weighted by molar-refractivity contribution is 7.20. The van der Waals surface area contributed by atoms with E-state index in [-0.39, 0.29) is 11.9 Å². The van der Waals surface area contributed by atoms with Gasteiger partial charge in [-0.3, -0.25) is 9.69 Å². The van der Waals surface area contributed by atoms with Gasteiger partial charge in [0.25, 0.3) is 5.91 Å². The van der Waals surface area contributed by atoms with Crippen molar-refractivity contribution in [2.75, 3.05) is 32.8 Å². The molecule has 28 heavy (non-hydrogen) atoms. The molecule has 3 aromatic heterocycles. The standard InChI is InChI=1S/C21H25N3O2S2/c1-13-11-14(2)23-21-18(13)15(3)19(28-21)20(25)22-12-16(17-5-4-10-27-17)24-6-8-26-9-7-24/h4-5,10-11,16H,6-9,12H2,1-3H3,(H,22,25)/t16-/m0/s1. The Morgan fingerprint density at radius 2 is 2.11 bits per heavy atom. The summed E-state index contributed by atoms with van der Waals surface area (Å²) < 4.78 is 5.50. The second kappa shape index (κ2) is 8.29. The van der Waals surface area contributed by atoms with E-state index in [0.717, 1.165) is 52.7 Å². The summed E-state index contributed by atoms with van der Waals surface area (Å²) in [5.41, 5.74) is 3.20. The van der Waals surface area contributed by atoms with Crippen LogP contribution in [-0.4, -0.2) is 48.6 Å². The van der Waals surface area contributed by atoms with Crippen LogP contribution in [0.1, 0.15) is 37.4 Å². The Morgan fingerprint density at radius 1 is 1.32 bits per heavy atom. The molecule has 0 spiro atoms. The number of hydrogen-bond donors (Lipinski definition) is 1. The number of aromatic nitrogens is 1. The van der Waals surface area contributed by atoms with E-state index in [9.17, 15) is 4.79 Å². The minimum atomic E-state index is -0.00707. The smallest absolute Gasteiger partial charge is 0.261 e. The molecular weight excluding hydrogens is 390 g/mol. The van der Waals surface area contributed by atoms with E-state index in [4.69, 9.17) is 4.74 Å². The molecule has 0 unspecified atom stereocenters. The Kier molecular flexibility index (Phi) is 5.78. The van der Waals surface area contributed by atoms with Crippen LogP contribution in [0.25, 0.3) is 10.2 Å². The van der Waals surface area contributed by atoms with E-state index in [1.54, 1.807) is 11.3 Å². The highest BCUT2D eigenvalue weighted by Gasteiger charge is 2.25. The molecule has 1 amide bonds. The lowest BCUT2D eigenvalue weighted by Crippen LogP contribution is -2.43. The predicted molar refractivity (Wildman–Crippen MR) is 116 cm³/mol. The first-order valence-electron chi connectivity index (χ1n) is 9.55. The number of fused-ring (bicyclic) bond motifs is 1. The van der Waals surface area contributed by atoms with Crippen LogP contribution in [-0.2, 0) is 4.74 Å². The van der Waals surface area contributed by atoms with Crippen LogP contribution in [0.2, 0.25) is 0 Å². The lowest BCUT2D eigenvalue weighted by atomic mass is 10.1. The molecule has 0 bridgehead atoms. The number of aryl methyl sites for hydroxylation is 3. The molecular formula is C21H25N3O2S2. The zero-order valence-electron chi connectivity index (χ0n) is 16.4. The first kappa shape index (κ1) is 19.5. The fourth-order valence-electron chi connectivity index (χ4n) is 3.89. The molecule has 4 rings (SSSR count). The number of rotatable bonds is 5. The van der Waals surface area contributed by atoms with Gasteiger partial charge in [-0.1, -0.05) is 6.07 Å². The zero-order valence-corrected chi connectivity index (χ0v) is 18.1. The van der Waals surface area contributed by atoms with Crippen molar-refractivity contribution in [2.45, 2.75) is 26.8 Å². The summed E-state index contributed by atoms with van der Waals surface area (Å²) in [6.07, 6.45) is 0. The molecule has 1 saturated heterocycles. The number of thiophene rings is 2. The molecule has 0 aromatic carbocycles. The maximum atomic E-state index is 13.0. The number of carbonyl (C=O) groups is 1. The highest BCUT2D eigenvalue weighted by atomic mass is 32.1. The van der Waals surface area contributed by atoms with Crippen molar-refractivity contribution >= 4 is 38.8 Å². The van der Waals surface area contributed by atoms with E-state index in [2.05, 4.69) is 45.7 Å². The van der Waals surface area contributed by atoms with Crippen molar-refractivity contribution < 1.29 is 9.53 Å². The maximum absolute atomic E-state index is 13.0. The summed E-state index contributed by atoms with van der Waals surface area (Å²) >= 11 is 3.23. The lowest BCUT2D eigenvalue weighted by Gasteiger charge is -2.34. The Hall–Kier alpha value is -1.80. The quantitative estimate of drug-likeness (QED) is 0.682. The van der Waals surface area contributed by atoms with Gasteiger partial charge in [0.05, 0.1) is 24.1 Å². The molecule has 7 heteroatoms. The first-order valence-corrected chi connectivity index (χ1v) is 11.2. The van der Waals surface area contributed by atoms with Crippen LogP contribution in [0.5, 0.6) is 0 Å². The third kappa shape index (κ3) is 3.85. The average molecular weight is 416 g/mol. The minimum Gasteiger partial charge on any atom is -0.379 e. The zero-order chi connectivity index (χ0) is 19.7. The SMILES string of the molecule is Cc1cc(C)c2c(C)c(C(=O)NC[C@@H](c3cccs3)N3CCOCC3)sc2n1. The highest BCUT2D eigenvalue weighted by Crippen LogP contribution is 2.32. The van der Waals surface area contributed by atoms with Crippen LogP contribution in [0.4, 0.5) is 0 Å². The summed E-state index contributed by atoms with van der Waals surface area (Å²) in [5.74, 6) is -0.00707. The number of nitrogens with zero attached hydrogens (tertiary/aromatic N) is 2. The normalized spacial score (nSPS) is 16.4. The Morgan fingerprint density at radius 3 is 2.82 bits per heavy atom. The second-order valence-corrected chi connectivity index (χ2v) is 9.18. The van der Waals surface area contributed by atoms with E-state index in [1.807, 2.05) is 13.8 Å². The molecule has 0 radical (unpaired) electrons. The number of amides is 1. The van der Waals surface area contributed by atoms with Crippen molar-refractivity contribution in [2.24, 2.45) is 0 Å². The molecule has 5 nitrogen and oxygen atoms in total. The summed E-state index contributed by atoms with van der Waals surface area (Å²) in [7, 11) is 0. The van der Waals surface area contributed by atoms with Gasteiger partial charge in [0.2, 0.25) is 0 Å². The molecule has 148 valence electrons. The number of hydrogen-bond acceptors (Lipinski definition) is 6. The molecule has 0 saturated carbocycles. The summed E-state index contributed by atoms with van der Waals surface area (Å²) in [6.45, 7) is 9.98. The second-order valence-electron chi connectivity index (χ2n) is 7.21. The molecule has 1 aliphatic rings. The van der Waals surface area contributed by atoms with Crippen molar-refractivity contribution in [3.05, 3.63) is 50.2 Å². The topological polar surface area (TPSA) is 54.5 Å². The molecule has 1 N–H and O–H groups in total. The van der Waals surface area contributed by atoms with Gasteiger partial charge in [-0.2, -0.15) is 0 Å². The van der Waals surface area contributed by atoms with E-state index in [0.29, 0.717) is 6.54 Å². The molecule has 1 aliphatic heterocycles. The maximum Gasteiger partial charge on any atom is 0.261 e. The van der Waals surface area contributed by atoms with Gasteiger partial charge in [0.15, 0.2) is 0 Å². The fourth-order valence-corrected chi connectivity index (χ4v) is 5.97. The number of morpholine rings is 1. The van der Waals surface area contributed by atoms with Crippen LogP contribution >= 0.6 is 22.7 Å². The summed E-state index contributed by atoms with van der Waals surface area (Å²) in [5, 5.41) is 6.40. The van der Waals surface area contributed by atoms with Gasteiger partial charge >= 0.3 is 0 Å². The molecule has 3 aromatic rings. The molecule has 1 fully saturated rings. The van der Waals surface area contributed by atoms with Crippen molar-refractivity contribution in [3.8, 4) is 0 Å². The number of ether oxygens (including phenoxy) is 1. The number of nitrogens with one attached hydrogen (secondary N) is 1. The average Bonchev–Trinajstić information content (AvgIpc) is 3.31. The van der Waals surface area contributed by atoms with Gasteiger partial charge in [0.1, 0.15) is 4.83 Å². The summed E-state index contributed by atoms with van der Waals surface area (Å²) in [6, 6.07) is 6.49. The minimum absolute atomic E-state index is 0.00707. The molecule has 1 atom stereocenters. The monoisotopic (exact) mass is 415 g/mol. The van der Waals surface area contributed by atoms with E-state index < -0.39 is 0 Å². The summed E-state index contributed by atoms with van der Waals surface area (Å²) in [4.78, 5) is 23.0. The first-order chi connectivity index (χ1) is 13.5. The van der Waals surface area contributed by atoms with Crippen molar-refractivity contribution in [3.63, 3.8) is 0 Å². The van der Waals surface area contributed by atoms with Gasteiger partial charge < -0.3 is 10.1 Å². The van der Waals surface area contributed by atoms with Gasteiger partial charge in [-0.15, -0.1) is 22.7 Å². The Bertz CT molecular complexity index is 975. The largest absolute Gasteiger partial charge is 0.379 e. The number of carbonyl (C=O) groups excluding carboxylic acids is 1. The van der Waals surface area contributed by atoms with Crippen LogP contribution in [0.3, 0.4) is 0 Å². The predicted octanol–water partition coefficient (Wildman–Crippen LogP) is 4.09. The van der Waals surface area contributed by atoms with Gasteiger partial charge in [-0.05, 0) is 49.4 Å². The van der Waals surface area contributed by atoms with Crippen molar-refractivity contribution in [1.29, 1.82) is 0 Å². The van der Waals surface area contributed by atoms with Crippen LogP contribution in [0, 0.1) is 20.8 Å². The van der Waals surface area contributed by atoms with Crippen LogP contribution < -0.4 is 5.32 Å². The Labute approximate surface area is 173 Å². The third-order valence-corrected chi connectivity index (χ3v) is 7.40.